The third-order valence-electron chi connectivity index (χ3n) is 22.5. The van der Waals surface area contributed by atoms with Gasteiger partial charge in [0.25, 0.3) is 0 Å². The minimum atomic E-state index is -2.33. The van der Waals surface area contributed by atoms with Gasteiger partial charge in [0, 0.05) is 47.7 Å². The lowest BCUT2D eigenvalue weighted by atomic mass is 9.89. The molecule has 16 rings (SSSR count). The van der Waals surface area contributed by atoms with E-state index in [1.807, 2.05) is 0 Å². The number of aliphatic hydroxyl groups is 9. The van der Waals surface area contributed by atoms with Gasteiger partial charge in [-0.2, -0.15) is 0 Å². The van der Waals surface area contributed by atoms with Crippen LogP contribution in [0.15, 0.2) is 140 Å². The number of carbonyl (C=O) groups is 7. The van der Waals surface area contributed by atoms with E-state index in [9.17, 15) is 81.1 Å². The normalized spacial score (nSPS) is 32.5. The first-order valence-corrected chi connectivity index (χ1v) is 39.2. The Bertz CT molecular complexity index is 5040. The summed E-state index contributed by atoms with van der Waals surface area (Å²) in [6.07, 6.45) is -28.4. The van der Waals surface area contributed by atoms with Gasteiger partial charge in [0.05, 0.1) is 37.1 Å². The van der Waals surface area contributed by atoms with Crippen LogP contribution in [0.3, 0.4) is 0 Å². The lowest BCUT2D eigenvalue weighted by Gasteiger charge is -2.44. The summed E-state index contributed by atoms with van der Waals surface area (Å²) < 4.78 is 63.2. The number of hydrogen-bond acceptors (Lipinski definition) is 33. The molecule has 9 heterocycles. The summed E-state index contributed by atoms with van der Waals surface area (Å²) in [5.41, 5.74) is 10.4. The van der Waals surface area contributed by atoms with Crippen LogP contribution in [-0.2, 0) is 62.0 Å². The highest BCUT2D eigenvalue weighted by molar-refractivity contribution is 6.00. The third kappa shape index (κ3) is 18.5. The summed E-state index contributed by atoms with van der Waals surface area (Å²) in [4.78, 5) is 109. The Morgan fingerprint density at radius 3 is 1.64 bits per heavy atom. The summed E-state index contributed by atoms with van der Waals surface area (Å²) in [5, 5.41) is 175. The molecule has 40 nitrogen and oxygen atoms in total. The SMILES string of the molecule is CN[C@@H](C(=O)N[C@H]1C(=O)N[C@@H](c2ccc(O)cc2)C(=O)N[C@H]2C(=O)N[C@H]3C(=O)N[C@H](C(=O)N[C@H](C(=O)O)c4cc(O)cc(O)c4-c4cc3ccc4O)[C@H](O[C@H]3C[C@@H](N)[C@@H](O)[C@H](C)O3)c3ccc(cc3)Oc3cc2cc(c3O[C@@H]2O[C@H](CO)[C@@H](O)[C@H](O)C2O[C@H]2C[C@@H](N)[C@@H](O)[C@H](C)O2)Oc2ccc(cc2)[C@H]1O)c1ccc(O[C@@H]2O[C@@H](C)[C@H](O)[C@@H](O)[C@H]2O)cc1. The molecule has 1 unspecified atom stereocenters. The number of carbonyl (C=O) groups excluding carboxylic acids is 6. The second-order valence-electron chi connectivity index (χ2n) is 30.9. The van der Waals surface area contributed by atoms with E-state index in [2.05, 4.69) is 37.2 Å². The Labute approximate surface area is 699 Å². The predicted octanol–water partition coefficient (Wildman–Crippen LogP) is -1.01. The fourth-order valence-electron chi connectivity index (χ4n) is 15.7. The molecule has 7 aromatic rings. The van der Waals surface area contributed by atoms with E-state index in [1.165, 1.54) is 113 Å². The minimum Gasteiger partial charge on any atom is -0.508 e. The molecule has 6 amide bonds. The van der Waals surface area contributed by atoms with E-state index in [-0.39, 0.29) is 63.7 Å². The Kier molecular flexibility index (Phi) is 26.1. The Morgan fingerprint density at radius 1 is 0.512 bits per heavy atom. The van der Waals surface area contributed by atoms with Gasteiger partial charge in [0.1, 0.15) is 125 Å². The molecule has 25 N–H and O–H groups in total. The van der Waals surface area contributed by atoms with Crippen molar-refractivity contribution in [1.82, 2.24) is 37.2 Å². The number of aromatic hydroxyl groups is 4. The van der Waals surface area contributed by atoms with Gasteiger partial charge in [-0.25, -0.2) is 4.79 Å². The highest BCUT2D eigenvalue weighted by atomic mass is 16.8. The van der Waals surface area contributed by atoms with Crippen molar-refractivity contribution in [2.24, 2.45) is 11.5 Å². The van der Waals surface area contributed by atoms with Crippen molar-refractivity contribution in [2.75, 3.05) is 13.7 Å². The predicted molar refractivity (Wildman–Crippen MR) is 419 cm³/mol. The molecule has 7 aromatic carbocycles. The molecule has 11 bridgehead atoms. The summed E-state index contributed by atoms with van der Waals surface area (Å²) in [5.74, 6) is -14.2. The molecule has 40 heteroatoms. The van der Waals surface area contributed by atoms with Crippen molar-refractivity contribution in [3.63, 3.8) is 0 Å². The minimum absolute atomic E-state index is 0.0356. The van der Waals surface area contributed by atoms with Crippen LogP contribution in [0.5, 0.6) is 57.5 Å². The molecule has 656 valence electrons. The summed E-state index contributed by atoms with van der Waals surface area (Å²) in [6.45, 7) is 3.46. The number of phenolic OH excluding ortho intramolecular Hbond substituents is 4. The molecular formula is C83H93N9O31. The molecule has 9 aliphatic heterocycles. The zero-order valence-corrected chi connectivity index (χ0v) is 65.8. The van der Waals surface area contributed by atoms with Crippen LogP contribution >= 0.6 is 0 Å². The molecule has 0 aromatic heterocycles. The fraction of sp³-hybridized carbons (Fsp3) is 0.410. The number of aliphatic hydroxyl groups excluding tert-OH is 9. The standard InChI is InChI=1S/C83H93N9O31/c1-31-64(98)47(84)28-54(114-31)121-72-37-11-20-43(21-12-37)118-52-25-39-24-51(73(52)123-83-74(70(104)68(102)53(30-93)120-83)122-55-29-48(85)65(99)32(2)115-55)117-42-18-9-36(10-19-42)67(101)62(91-75(106)57(86-4)34-7-16-44(17-8-34)119-82-71(105)69(103)66(100)33(3)116-82)79(110)87-58(35-5-14-40(94)15-6-35)76(107)89-60(39)78(109)88-59-38-13-22-49(96)45(23-38)56-46(26-41(95)27-50(56)97)61(81(112)113)90-80(111)63(72)92-77(59)108/h5-27,31-33,47-48,53-55,57-72,74,82-83,86,93-105H,28-30,84-85H2,1-4H3,(H,87,110)(H,88,109)(H,89,107)(H,90,111)(H,91,106)(H,92,108)(H,112,113)/t31-,32-,33-,47+,48+,53+,54-,55-,57+,58-,59+,60+,61-,62+,63-,64-,65-,66-,67+,68+,69+,70-,71+,72+,74?,82-,83-/m0/s1. The number of hydrogen-bond donors (Lipinski definition) is 23. The quantitative estimate of drug-likeness (QED) is 0.0585. The van der Waals surface area contributed by atoms with E-state index in [1.54, 1.807) is 0 Å². The number of aliphatic carboxylic acids is 1. The number of carboxylic acid groups (broad SMARTS) is 1. The monoisotopic (exact) mass is 1710 g/mol. The first-order chi connectivity index (χ1) is 58.6. The number of nitrogens with two attached hydrogens (primary N) is 2. The largest absolute Gasteiger partial charge is 0.508 e. The molecule has 0 saturated carbocycles. The van der Waals surface area contributed by atoms with Crippen molar-refractivity contribution in [1.29, 1.82) is 0 Å². The van der Waals surface area contributed by atoms with Gasteiger partial charge >= 0.3 is 5.97 Å². The van der Waals surface area contributed by atoms with Gasteiger partial charge < -0.3 is 168 Å². The van der Waals surface area contributed by atoms with Crippen molar-refractivity contribution in [3.8, 4) is 68.6 Å². The highest BCUT2D eigenvalue weighted by Gasteiger charge is 2.52. The van der Waals surface area contributed by atoms with Gasteiger partial charge in [-0.15, -0.1) is 0 Å². The Morgan fingerprint density at radius 2 is 1.06 bits per heavy atom. The molecule has 0 spiro atoms. The van der Waals surface area contributed by atoms with Crippen LogP contribution in [0, 0.1) is 0 Å². The third-order valence-corrected chi connectivity index (χ3v) is 22.5. The number of amides is 6. The lowest BCUT2D eigenvalue weighted by molar-refractivity contribution is -0.330. The van der Waals surface area contributed by atoms with Crippen molar-refractivity contribution >= 4 is 41.4 Å². The molecule has 4 saturated heterocycles. The van der Waals surface area contributed by atoms with Crippen LogP contribution in [0.4, 0.5) is 0 Å². The maximum Gasteiger partial charge on any atom is 0.330 e. The molecule has 27 atom stereocenters. The molecule has 4 fully saturated rings. The second-order valence-corrected chi connectivity index (χ2v) is 30.9. The number of fused-ring (bicyclic) bond motifs is 15. The van der Waals surface area contributed by atoms with Crippen LogP contribution in [0.2, 0.25) is 0 Å². The van der Waals surface area contributed by atoms with Gasteiger partial charge in [0.15, 0.2) is 36.2 Å². The van der Waals surface area contributed by atoms with Crippen LogP contribution in [-0.4, -0.2) is 249 Å². The smallest absolute Gasteiger partial charge is 0.330 e. The van der Waals surface area contributed by atoms with Crippen molar-refractivity contribution < 1.29 is 152 Å². The maximum atomic E-state index is 16.6. The first kappa shape index (κ1) is 87.8. The van der Waals surface area contributed by atoms with Gasteiger partial charge in [-0.05, 0) is 140 Å². The first-order valence-electron chi connectivity index (χ1n) is 39.2. The van der Waals surface area contributed by atoms with E-state index in [4.69, 9.17) is 58.8 Å². The lowest BCUT2D eigenvalue weighted by Crippen LogP contribution is -2.62. The average Bonchev–Trinajstić information content (AvgIpc) is 0.764. The molecule has 123 heavy (non-hydrogen) atoms. The zero-order chi connectivity index (χ0) is 88.0. The summed E-state index contributed by atoms with van der Waals surface area (Å²) in [7, 11) is 1.39. The molecule has 0 aliphatic carbocycles. The van der Waals surface area contributed by atoms with Gasteiger partial charge in [-0.3, -0.25) is 28.8 Å². The average molecular weight is 1710 g/mol. The second kappa shape index (κ2) is 36.5. The number of phenols is 4. The maximum absolute atomic E-state index is 16.6. The molecule has 0 radical (unpaired) electrons. The summed E-state index contributed by atoms with van der Waals surface area (Å²) >= 11 is 0. The number of nitrogens with one attached hydrogen (secondary N) is 7. The Hall–Kier alpha value is -11.5. The summed E-state index contributed by atoms with van der Waals surface area (Å²) in [6, 6.07) is 11.1. The van der Waals surface area contributed by atoms with Crippen LogP contribution in [0.1, 0.15) is 115 Å². The topological polar surface area (TPSA) is 631 Å². The number of benzene rings is 7. The number of carboxylic acids is 1. The molecule has 9 aliphatic rings. The van der Waals surface area contributed by atoms with Crippen molar-refractivity contribution in [2.45, 2.75) is 199 Å². The van der Waals surface area contributed by atoms with Gasteiger partial charge in [-0.1, -0.05) is 54.6 Å². The fourth-order valence-corrected chi connectivity index (χ4v) is 15.7. The van der Waals surface area contributed by atoms with Crippen LogP contribution in [0.25, 0.3) is 11.1 Å². The number of likely N-dealkylation sites (N-methyl/N-ethyl adjacent to an activating group) is 1. The van der Waals surface area contributed by atoms with E-state index in [0.29, 0.717) is 0 Å². The van der Waals surface area contributed by atoms with Crippen LogP contribution < -0.4 is 67.6 Å². The zero-order valence-electron chi connectivity index (χ0n) is 65.8. The highest BCUT2D eigenvalue weighted by Crippen LogP contribution is 2.49. The van der Waals surface area contributed by atoms with Crippen molar-refractivity contribution in [3.05, 3.63) is 178 Å². The van der Waals surface area contributed by atoms with E-state index >= 15 is 24.0 Å². The van der Waals surface area contributed by atoms with Gasteiger partial charge in [0.2, 0.25) is 53.8 Å². The number of ether oxygens (including phenoxy) is 10. The number of rotatable bonds is 15. The Balaban J connectivity index is 0.954. The van der Waals surface area contributed by atoms with E-state index < -0.39 is 270 Å². The van der Waals surface area contributed by atoms with E-state index in [0.717, 1.165) is 54.6 Å². The molecular weight excluding hydrogens is 1620 g/mol.